The van der Waals surface area contributed by atoms with E-state index in [-0.39, 0.29) is 5.75 Å². The highest BCUT2D eigenvalue weighted by Crippen LogP contribution is 2.24. The fraction of sp³-hybridized carbons (Fsp3) is 0.188. The maximum Gasteiger partial charge on any atom is 0.573 e. The first-order valence-electron chi connectivity index (χ1n) is 6.74. The molecular weight excluding hydrogens is 325 g/mol. The van der Waals surface area contributed by atoms with Crippen molar-refractivity contribution in [2.75, 3.05) is 10.6 Å². The van der Waals surface area contributed by atoms with Gasteiger partial charge in [0.25, 0.3) is 0 Å². The van der Waals surface area contributed by atoms with Crippen LogP contribution in [0.1, 0.15) is 11.1 Å². The maximum atomic E-state index is 12.1. The lowest BCUT2D eigenvalue weighted by atomic mass is 10.1. The van der Waals surface area contributed by atoms with Crippen LogP contribution in [-0.2, 0) is 0 Å². The topological polar surface area (TPSA) is 33.3 Å². The number of hydrogen-bond donors (Lipinski definition) is 2. The molecular formula is C16H15F3N2OS. The van der Waals surface area contributed by atoms with Crippen LogP contribution in [0, 0.1) is 13.8 Å². The zero-order valence-electron chi connectivity index (χ0n) is 12.5. The van der Waals surface area contributed by atoms with Crippen LogP contribution in [0.3, 0.4) is 0 Å². The smallest absolute Gasteiger partial charge is 0.406 e. The zero-order valence-corrected chi connectivity index (χ0v) is 13.3. The van der Waals surface area contributed by atoms with Gasteiger partial charge in [-0.05, 0) is 62.0 Å². The van der Waals surface area contributed by atoms with Crippen molar-refractivity contribution in [2.24, 2.45) is 0 Å². The van der Waals surface area contributed by atoms with Crippen LogP contribution in [0.4, 0.5) is 24.5 Å². The van der Waals surface area contributed by atoms with Gasteiger partial charge in [0.2, 0.25) is 0 Å². The van der Waals surface area contributed by atoms with Crippen molar-refractivity contribution in [2.45, 2.75) is 20.2 Å². The molecule has 0 aliphatic heterocycles. The molecule has 0 unspecified atom stereocenters. The molecule has 0 saturated heterocycles. The van der Waals surface area contributed by atoms with Crippen molar-refractivity contribution >= 4 is 28.7 Å². The van der Waals surface area contributed by atoms with Crippen molar-refractivity contribution in [1.82, 2.24) is 0 Å². The van der Waals surface area contributed by atoms with Crippen LogP contribution in [0.15, 0.2) is 42.5 Å². The minimum atomic E-state index is -4.70. The SMILES string of the molecule is Cc1ccc(NC(=S)Nc2ccc(OC(F)(F)F)cc2)c(C)c1. The van der Waals surface area contributed by atoms with E-state index in [1.54, 1.807) is 0 Å². The summed E-state index contributed by atoms with van der Waals surface area (Å²) < 4.78 is 40.1. The molecule has 0 fully saturated rings. The lowest BCUT2D eigenvalue weighted by Gasteiger charge is -2.14. The van der Waals surface area contributed by atoms with E-state index in [1.165, 1.54) is 24.3 Å². The molecule has 3 nitrogen and oxygen atoms in total. The Kier molecular flexibility index (Phi) is 5.10. The lowest BCUT2D eigenvalue weighted by Crippen LogP contribution is -2.20. The predicted octanol–water partition coefficient (Wildman–Crippen LogP) is 5.01. The van der Waals surface area contributed by atoms with Crippen molar-refractivity contribution in [3.05, 3.63) is 53.6 Å². The molecule has 23 heavy (non-hydrogen) atoms. The fourth-order valence-electron chi connectivity index (χ4n) is 1.98. The van der Waals surface area contributed by atoms with E-state index >= 15 is 0 Å². The van der Waals surface area contributed by atoms with E-state index in [1.807, 2.05) is 32.0 Å². The normalized spacial score (nSPS) is 11.0. The molecule has 0 aromatic heterocycles. The van der Waals surface area contributed by atoms with Gasteiger partial charge in [-0.1, -0.05) is 17.7 Å². The molecule has 2 aromatic carbocycles. The quantitative estimate of drug-likeness (QED) is 0.770. The first-order valence-corrected chi connectivity index (χ1v) is 7.15. The van der Waals surface area contributed by atoms with Crippen molar-refractivity contribution in [3.8, 4) is 5.75 Å². The van der Waals surface area contributed by atoms with Crippen molar-refractivity contribution in [3.63, 3.8) is 0 Å². The molecule has 0 radical (unpaired) electrons. The summed E-state index contributed by atoms with van der Waals surface area (Å²) in [6.45, 7) is 3.96. The van der Waals surface area contributed by atoms with Gasteiger partial charge in [0, 0.05) is 11.4 Å². The molecule has 0 spiro atoms. The van der Waals surface area contributed by atoms with Crippen LogP contribution >= 0.6 is 12.2 Å². The van der Waals surface area contributed by atoms with Gasteiger partial charge in [-0.25, -0.2) is 0 Å². The summed E-state index contributed by atoms with van der Waals surface area (Å²) in [6, 6.07) is 11.2. The Morgan fingerprint density at radius 3 is 2.22 bits per heavy atom. The third kappa shape index (κ3) is 5.45. The van der Waals surface area contributed by atoms with E-state index in [2.05, 4.69) is 15.4 Å². The van der Waals surface area contributed by atoms with E-state index in [0.29, 0.717) is 10.8 Å². The van der Waals surface area contributed by atoms with Crippen LogP contribution in [0.5, 0.6) is 5.75 Å². The summed E-state index contributed by atoms with van der Waals surface area (Å²) in [5.74, 6) is -0.281. The molecule has 0 saturated carbocycles. The van der Waals surface area contributed by atoms with Crippen molar-refractivity contribution in [1.29, 1.82) is 0 Å². The highest BCUT2D eigenvalue weighted by atomic mass is 32.1. The second-order valence-corrected chi connectivity index (χ2v) is 5.38. The zero-order chi connectivity index (χ0) is 17.0. The molecule has 7 heteroatoms. The second-order valence-electron chi connectivity index (χ2n) is 4.97. The molecule has 0 aliphatic carbocycles. The Balaban J connectivity index is 1.97. The molecule has 0 aliphatic rings. The Labute approximate surface area is 137 Å². The number of aryl methyl sites for hydroxylation is 2. The highest BCUT2D eigenvalue weighted by molar-refractivity contribution is 7.80. The number of anilines is 2. The summed E-state index contributed by atoms with van der Waals surface area (Å²) in [5.41, 5.74) is 3.61. The lowest BCUT2D eigenvalue weighted by molar-refractivity contribution is -0.274. The van der Waals surface area contributed by atoms with Gasteiger partial charge in [-0.15, -0.1) is 13.2 Å². The highest BCUT2D eigenvalue weighted by Gasteiger charge is 2.30. The van der Waals surface area contributed by atoms with E-state index in [0.717, 1.165) is 16.8 Å². The Morgan fingerprint density at radius 2 is 1.65 bits per heavy atom. The molecule has 0 heterocycles. The number of nitrogens with one attached hydrogen (secondary N) is 2. The molecule has 0 atom stereocenters. The first kappa shape index (κ1) is 17.1. The number of rotatable bonds is 3. The average Bonchev–Trinajstić information content (AvgIpc) is 2.42. The van der Waals surface area contributed by atoms with Gasteiger partial charge >= 0.3 is 6.36 Å². The Morgan fingerprint density at radius 1 is 1.00 bits per heavy atom. The average molecular weight is 340 g/mol. The minimum Gasteiger partial charge on any atom is -0.406 e. The van der Waals surface area contributed by atoms with Gasteiger partial charge < -0.3 is 15.4 Å². The molecule has 122 valence electrons. The van der Waals surface area contributed by atoms with E-state index in [4.69, 9.17) is 12.2 Å². The molecule has 0 bridgehead atoms. The van der Waals surface area contributed by atoms with Gasteiger partial charge in [0.15, 0.2) is 5.11 Å². The number of hydrogen-bond acceptors (Lipinski definition) is 2. The van der Waals surface area contributed by atoms with Gasteiger partial charge in [-0.3, -0.25) is 0 Å². The largest absolute Gasteiger partial charge is 0.573 e. The number of halogens is 3. The van der Waals surface area contributed by atoms with Crippen molar-refractivity contribution < 1.29 is 17.9 Å². The van der Waals surface area contributed by atoms with Gasteiger partial charge in [0.1, 0.15) is 5.75 Å². The Hall–Kier alpha value is -2.28. The van der Waals surface area contributed by atoms with E-state index < -0.39 is 6.36 Å². The van der Waals surface area contributed by atoms with Crippen LogP contribution in [0.2, 0.25) is 0 Å². The summed E-state index contributed by atoms with van der Waals surface area (Å²) in [5, 5.41) is 6.30. The predicted molar refractivity (Wildman–Crippen MR) is 88.9 cm³/mol. The van der Waals surface area contributed by atoms with Gasteiger partial charge in [-0.2, -0.15) is 0 Å². The number of thiocarbonyl (C=S) groups is 1. The molecule has 2 rings (SSSR count). The third-order valence-electron chi connectivity index (χ3n) is 2.98. The molecule has 2 aromatic rings. The number of ether oxygens (including phenoxy) is 1. The first-order chi connectivity index (χ1) is 10.7. The third-order valence-corrected chi connectivity index (χ3v) is 3.18. The summed E-state index contributed by atoms with van der Waals surface area (Å²) in [4.78, 5) is 0. The summed E-state index contributed by atoms with van der Waals surface area (Å²) in [7, 11) is 0. The summed E-state index contributed by atoms with van der Waals surface area (Å²) >= 11 is 5.20. The van der Waals surface area contributed by atoms with Gasteiger partial charge in [0.05, 0.1) is 0 Å². The van der Waals surface area contributed by atoms with Crippen LogP contribution in [0.25, 0.3) is 0 Å². The van der Waals surface area contributed by atoms with E-state index in [9.17, 15) is 13.2 Å². The number of benzene rings is 2. The minimum absolute atomic E-state index is 0.281. The maximum absolute atomic E-state index is 12.1. The summed E-state index contributed by atoms with van der Waals surface area (Å²) in [6.07, 6.45) is -4.70. The fourth-order valence-corrected chi connectivity index (χ4v) is 2.21. The molecule has 2 N–H and O–H groups in total. The van der Waals surface area contributed by atoms with Crippen LogP contribution < -0.4 is 15.4 Å². The second kappa shape index (κ2) is 6.87. The number of alkyl halides is 3. The van der Waals surface area contributed by atoms with Crippen LogP contribution in [-0.4, -0.2) is 11.5 Å². The monoisotopic (exact) mass is 340 g/mol. The Bertz CT molecular complexity index is 699. The standard InChI is InChI=1S/C16H15F3N2OS/c1-10-3-8-14(11(2)9-10)21-15(23)20-12-4-6-13(7-5-12)22-16(17,18)19/h3-9H,1-2H3,(H2,20,21,23). The molecule has 0 amide bonds.